The van der Waals surface area contributed by atoms with Crippen molar-refractivity contribution in [3.63, 3.8) is 0 Å². The molecule has 0 aliphatic carbocycles. The maximum absolute atomic E-state index is 13.2. The summed E-state index contributed by atoms with van der Waals surface area (Å²) in [5.74, 6) is -0.710. The van der Waals surface area contributed by atoms with Crippen LogP contribution in [0, 0.1) is 17.1 Å². The maximum Gasteiger partial charge on any atom is 0.263 e. The van der Waals surface area contributed by atoms with Crippen LogP contribution in [-0.4, -0.2) is 8.42 Å². The van der Waals surface area contributed by atoms with E-state index in [1.54, 1.807) is 0 Å². The van der Waals surface area contributed by atoms with E-state index in [0.29, 0.717) is 10.0 Å². The Kier molecular flexibility index (Phi) is 4.52. The Bertz CT molecular complexity index is 850. The second kappa shape index (κ2) is 6.02. The van der Waals surface area contributed by atoms with E-state index in [2.05, 4.69) is 20.7 Å². The summed E-state index contributed by atoms with van der Waals surface area (Å²) in [5, 5.41) is 8.67. The van der Waals surface area contributed by atoms with Gasteiger partial charge in [-0.1, -0.05) is 11.6 Å². The van der Waals surface area contributed by atoms with Crippen molar-refractivity contribution in [2.24, 2.45) is 0 Å². The Balaban J connectivity index is 2.43. The van der Waals surface area contributed by atoms with Crippen molar-refractivity contribution in [3.05, 3.63) is 57.3 Å². The van der Waals surface area contributed by atoms with Crippen LogP contribution in [0.25, 0.3) is 0 Å². The van der Waals surface area contributed by atoms with Crippen molar-refractivity contribution < 1.29 is 12.8 Å². The molecule has 0 aliphatic rings. The molecule has 2 rings (SSSR count). The van der Waals surface area contributed by atoms with Crippen molar-refractivity contribution >= 4 is 43.2 Å². The van der Waals surface area contributed by atoms with Gasteiger partial charge < -0.3 is 0 Å². The normalized spacial score (nSPS) is 11.0. The third-order valence-electron chi connectivity index (χ3n) is 2.53. The molecule has 0 saturated heterocycles. The topological polar surface area (TPSA) is 70.0 Å². The van der Waals surface area contributed by atoms with Gasteiger partial charge in [-0.2, -0.15) is 5.26 Å². The molecule has 21 heavy (non-hydrogen) atoms. The second-order valence-electron chi connectivity index (χ2n) is 3.99. The van der Waals surface area contributed by atoms with Crippen LogP contribution in [0.1, 0.15) is 5.56 Å². The highest BCUT2D eigenvalue weighted by Crippen LogP contribution is 2.28. The van der Waals surface area contributed by atoms with Crippen molar-refractivity contribution in [2.75, 3.05) is 4.72 Å². The van der Waals surface area contributed by atoms with Crippen LogP contribution in [-0.2, 0) is 10.0 Å². The van der Waals surface area contributed by atoms with Gasteiger partial charge in [-0.05, 0) is 52.3 Å². The molecule has 2 aromatic rings. The van der Waals surface area contributed by atoms with Gasteiger partial charge in [0.25, 0.3) is 10.0 Å². The van der Waals surface area contributed by atoms with E-state index in [9.17, 15) is 12.8 Å². The standard InChI is InChI=1S/C13H7BrClFN2O2S/c14-10-5-8(7-17)1-4-12(10)18-21(19,20)13-6-9(16)2-3-11(13)15/h1-6,18H. The van der Waals surface area contributed by atoms with Crippen molar-refractivity contribution in [2.45, 2.75) is 4.90 Å². The third kappa shape index (κ3) is 3.53. The molecule has 1 N–H and O–H groups in total. The van der Waals surface area contributed by atoms with E-state index in [4.69, 9.17) is 16.9 Å². The molecule has 0 heterocycles. The average molecular weight is 390 g/mol. The van der Waals surface area contributed by atoms with Gasteiger partial charge >= 0.3 is 0 Å². The third-order valence-corrected chi connectivity index (χ3v) is 5.03. The number of rotatable bonds is 3. The number of benzene rings is 2. The number of hydrogen-bond donors (Lipinski definition) is 1. The molecular formula is C13H7BrClFN2O2S. The lowest BCUT2D eigenvalue weighted by Gasteiger charge is -2.11. The van der Waals surface area contributed by atoms with Gasteiger partial charge in [0.2, 0.25) is 0 Å². The number of halogens is 3. The Labute approximate surface area is 134 Å². The molecule has 0 radical (unpaired) electrons. The van der Waals surface area contributed by atoms with Crippen molar-refractivity contribution in [1.82, 2.24) is 0 Å². The summed E-state index contributed by atoms with van der Waals surface area (Å²) in [6, 6.07) is 9.34. The summed E-state index contributed by atoms with van der Waals surface area (Å²) in [4.78, 5) is -0.361. The summed E-state index contributed by atoms with van der Waals surface area (Å²) in [7, 11) is -4.04. The first-order valence-corrected chi connectivity index (χ1v) is 8.16. The summed E-state index contributed by atoms with van der Waals surface area (Å²) in [6.45, 7) is 0. The van der Waals surface area contributed by atoms with Crippen molar-refractivity contribution in [1.29, 1.82) is 5.26 Å². The van der Waals surface area contributed by atoms with Crippen molar-refractivity contribution in [3.8, 4) is 6.07 Å². The molecular weight excluding hydrogens is 383 g/mol. The van der Waals surface area contributed by atoms with Gasteiger partial charge in [-0.3, -0.25) is 4.72 Å². The molecule has 8 heteroatoms. The zero-order chi connectivity index (χ0) is 15.6. The van der Waals surface area contributed by atoms with Gasteiger partial charge in [0, 0.05) is 4.47 Å². The molecule has 0 aliphatic heterocycles. The van der Waals surface area contributed by atoms with Crippen LogP contribution in [0.15, 0.2) is 45.8 Å². The fourth-order valence-electron chi connectivity index (χ4n) is 1.55. The minimum absolute atomic E-state index is 0.0892. The highest BCUT2D eigenvalue weighted by molar-refractivity contribution is 9.10. The quantitative estimate of drug-likeness (QED) is 0.865. The van der Waals surface area contributed by atoms with Gasteiger partial charge in [0.15, 0.2) is 0 Å². The monoisotopic (exact) mass is 388 g/mol. The maximum atomic E-state index is 13.2. The number of nitrogens with zero attached hydrogens (tertiary/aromatic N) is 1. The number of sulfonamides is 1. The molecule has 108 valence electrons. The minimum atomic E-state index is -4.04. The Morgan fingerprint density at radius 2 is 1.95 bits per heavy atom. The first-order chi connectivity index (χ1) is 9.83. The van der Waals surface area contributed by atoms with E-state index >= 15 is 0 Å². The molecule has 0 amide bonds. The summed E-state index contributed by atoms with van der Waals surface area (Å²) < 4.78 is 40.3. The van der Waals surface area contributed by atoms with Gasteiger partial charge in [0.1, 0.15) is 10.7 Å². The molecule has 4 nitrogen and oxygen atoms in total. The lowest BCUT2D eigenvalue weighted by molar-refractivity contribution is 0.595. The zero-order valence-corrected chi connectivity index (χ0v) is 13.4. The summed E-state index contributed by atoms with van der Waals surface area (Å²) in [6.07, 6.45) is 0. The fourth-order valence-corrected chi connectivity index (χ4v) is 3.75. The smallest absolute Gasteiger partial charge is 0.263 e. The van der Waals surface area contributed by atoms with Crippen LogP contribution in [0.2, 0.25) is 5.02 Å². The van der Waals surface area contributed by atoms with Gasteiger partial charge in [-0.15, -0.1) is 0 Å². The lowest BCUT2D eigenvalue weighted by Crippen LogP contribution is -2.14. The predicted octanol–water partition coefficient (Wildman–Crippen LogP) is 3.91. The van der Waals surface area contributed by atoms with Crippen LogP contribution < -0.4 is 4.72 Å². The minimum Gasteiger partial charge on any atom is -0.278 e. The first-order valence-electron chi connectivity index (χ1n) is 5.51. The molecule has 0 spiro atoms. The summed E-state index contributed by atoms with van der Waals surface area (Å²) in [5.41, 5.74) is 0.586. The molecule has 0 aromatic heterocycles. The number of nitrogens with one attached hydrogen (secondary N) is 1. The fraction of sp³-hybridized carbons (Fsp3) is 0. The highest BCUT2D eigenvalue weighted by Gasteiger charge is 2.20. The molecule has 0 bridgehead atoms. The van der Waals surface area contributed by atoms with Gasteiger partial charge in [0.05, 0.1) is 22.3 Å². The SMILES string of the molecule is N#Cc1ccc(NS(=O)(=O)c2cc(F)ccc2Cl)c(Br)c1. The zero-order valence-electron chi connectivity index (χ0n) is 10.3. The largest absolute Gasteiger partial charge is 0.278 e. The molecule has 0 saturated carbocycles. The van der Waals surface area contributed by atoms with Crippen LogP contribution in [0.4, 0.5) is 10.1 Å². The average Bonchev–Trinajstić information content (AvgIpc) is 2.43. The van der Waals surface area contributed by atoms with Gasteiger partial charge in [-0.25, -0.2) is 12.8 Å². The van der Waals surface area contributed by atoms with E-state index < -0.39 is 15.8 Å². The number of hydrogen-bond acceptors (Lipinski definition) is 3. The lowest BCUT2D eigenvalue weighted by atomic mass is 10.2. The van der Waals surface area contributed by atoms with E-state index in [1.165, 1.54) is 24.3 Å². The Morgan fingerprint density at radius 1 is 1.24 bits per heavy atom. The Morgan fingerprint density at radius 3 is 2.57 bits per heavy atom. The molecule has 0 fully saturated rings. The molecule has 0 unspecified atom stereocenters. The van der Waals surface area contributed by atoms with Crippen LogP contribution in [0.5, 0.6) is 0 Å². The second-order valence-corrected chi connectivity index (χ2v) is 6.90. The molecule has 0 atom stereocenters. The van der Waals surface area contributed by atoms with E-state index in [0.717, 1.165) is 12.1 Å². The number of anilines is 1. The summed E-state index contributed by atoms with van der Waals surface area (Å²) >= 11 is 8.95. The van der Waals surface area contributed by atoms with E-state index in [1.807, 2.05) is 6.07 Å². The predicted molar refractivity (Wildman–Crippen MR) is 81.1 cm³/mol. The molecule has 2 aromatic carbocycles. The highest BCUT2D eigenvalue weighted by atomic mass is 79.9. The van der Waals surface area contributed by atoms with Crippen LogP contribution >= 0.6 is 27.5 Å². The van der Waals surface area contributed by atoms with E-state index in [-0.39, 0.29) is 15.6 Å². The van der Waals surface area contributed by atoms with Crippen LogP contribution in [0.3, 0.4) is 0 Å². The first kappa shape index (κ1) is 15.8. The number of nitriles is 1. The Hall–Kier alpha value is -1.62.